The molecule has 5 heteroatoms. The van der Waals surface area contributed by atoms with E-state index in [1.165, 1.54) is 0 Å². The molecule has 0 bridgehead atoms. The second-order valence-electron chi connectivity index (χ2n) is 5.50. The largest absolute Gasteiger partial charge is 0.496 e. The van der Waals surface area contributed by atoms with Gasteiger partial charge in [-0.2, -0.15) is 0 Å². The number of benzene rings is 2. The molecule has 4 nitrogen and oxygen atoms in total. The van der Waals surface area contributed by atoms with Gasteiger partial charge in [-0.25, -0.2) is 0 Å². The van der Waals surface area contributed by atoms with Crippen LogP contribution in [0.15, 0.2) is 42.5 Å². The molecular weight excluding hydrogens is 417 g/mol. The van der Waals surface area contributed by atoms with E-state index in [0.29, 0.717) is 5.75 Å². The van der Waals surface area contributed by atoms with Crippen LogP contribution in [-0.2, 0) is 4.79 Å². The van der Waals surface area contributed by atoms with E-state index in [0.717, 1.165) is 26.9 Å². The van der Waals surface area contributed by atoms with Crippen molar-refractivity contribution in [2.75, 3.05) is 13.7 Å². The van der Waals surface area contributed by atoms with Crippen LogP contribution in [0, 0.1) is 10.5 Å². The van der Waals surface area contributed by atoms with Gasteiger partial charge in [0.05, 0.1) is 13.2 Å². The fourth-order valence-electron chi connectivity index (χ4n) is 2.46. The highest BCUT2D eigenvalue weighted by molar-refractivity contribution is 14.1. The van der Waals surface area contributed by atoms with Crippen LogP contribution in [0.2, 0.25) is 0 Å². The average Bonchev–Trinajstić information content (AvgIpc) is 2.59. The van der Waals surface area contributed by atoms with Crippen molar-refractivity contribution in [1.82, 2.24) is 5.32 Å². The maximum Gasteiger partial charge on any atom is 0.258 e. The van der Waals surface area contributed by atoms with Crippen LogP contribution >= 0.6 is 22.6 Å². The van der Waals surface area contributed by atoms with E-state index in [9.17, 15) is 4.79 Å². The number of nitrogens with one attached hydrogen (secondary N) is 1. The van der Waals surface area contributed by atoms with Crippen LogP contribution in [0.3, 0.4) is 0 Å². The summed E-state index contributed by atoms with van der Waals surface area (Å²) in [4.78, 5) is 12.2. The first-order valence-corrected chi connectivity index (χ1v) is 8.93. The fraction of sp³-hybridized carbons (Fsp3) is 0.316. The molecule has 0 fully saturated rings. The second kappa shape index (κ2) is 8.92. The smallest absolute Gasteiger partial charge is 0.258 e. The molecule has 0 aliphatic rings. The number of ether oxygens (including phenoxy) is 2. The van der Waals surface area contributed by atoms with Crippen LogP contribution in [0.25, 0.3) is 0 Å². The third-order valence-corrected chi connectivity index (χ3v) is 4.47. The molecule has 1 amide bonds. The van der Waals surface area contributed by atoms with Gasteiger partial charge in [0, 0.05) is 3.57 Å². The molecular formula is C19H22INO3. The highest BCUT2D eigenvalue weighted by Crippen LogP contribution is 2.24. The van der Waals surface area contributed by atoms with E-state index < -0.39 is 0 Å². The highest BCUT2D eigenvalue weighted by atomic mass is 127. The predicted octanol–water partition coefficient (Wildman–Crippen LogP) is 4.25. The Morgan fingerprint density at radius 2 is 1.92 bits per heavy atom. The molecule has 0 aromatic heterocycles. The van der Waals surface area contributed by atoms with Crippen LogP contribution in [0.4, 0.5) is 0 Å². The summed E-state index contributed by atoms with van der Waals surface area (Å²) in [6.07, 6.45) is 0.807. The van der Waals surface area contributed by atoms with Gasteiger partial charge in [-0.15, -0.1) is 0 Å². The van der Waals surface area contributed by atoms with Crippen molar-refractivity contribution in [2.24, 2.45) is 0 Å². The zero-order valence-electron chi connectivity index (χ0n) is 14.1. The molecule has 0 heterocycles. The summed E-state index contributed by atoms with van der Waals surface area (Å²) in [7, 11) is 1.66. The number of halogens is 1. The number of methoxy groups -OCH3 is 1. The first-order chi connectivity index (χ1) is 11.5. The Morgan fingerprint density at radius 3 is 2.50 bits per heavy atom. The SMILES string of the molecule is CCC(NC(=O)COc1ccc(I)cc1)c1ccc(OC)c(C)c1. The minimum Gasteiger partial charge on any atom is -0.496 e. The average molecular weight is 439 g/mol. The summed E-state index contributed by atoms with van der Waals surface area (Å²) in [5.41, 5.74) is 2.12. The van der Waals surface area contributed by atoms with E-state index in [1.807, 2.05) is 56.3 Å². The lowest BCUT2D eigenvalue weighted by molar-refractivity contribution is -0.123. The third-order valence-electron chi connectivity index (χ3n) is 3.75. The third kappa shape index (κ3) is 5.12. The molecule has 2 aromatic carbocycles. The Labute approximate surface area is 156 Å². The Morgan fingerprint density at radius 1 is 1.21 bits per heavy atom. The van der Waals surface area contributed by atoms with Crippen molar-refractivity contribution < 1.29 is 14.3 Å². The highest BCUT2D eigenvalue weighted by Gasteiger charge is 2.14. The van der Waals surface area contributed by atoms with Gasteiger partial charge in [0.2, 0.25) is 0 Å². The topological polar surface area (TPSA) is 47.6 Å². The van der Waals surface area contributed by atoms with E-state index in [1.54, 1.807) is 7.11 Å². The minimum atomic E-state index is -0.131. The summed E-state index contributed by atoms with van der Waals surface area (Å²) < 4.78 is 11.9. The molecule has 0 saturated carbocycles. The quantitative estimate of drug-likeness (QED) is 0.657. The van der Waals surface area contributed by atoms with Crippen molar-refractivity contribution in [3.05, 3.63) is 57.2 Å². The lowest BCUT2D eigenvalue weighted by atomic mass is 10.0. The number of carbonyl (C=O) groups is 1. The molecule has 0 saturated heterocycles. The van der Waals surface area contributed by atoms with Gasteiger partial charge >= 0.3 is 0 Å². The van der Waals surface area contributed by atoms with E-state index in [2.05, 4.69) is 27.9 Å². The minimum absolute atomic E-state index is 0.00618. The fourth-order valence-corrected chi connectivity index (χ4v) is 2.81. The van der Waals surface area contributed by atoms with Crippen molar-refractivity contribution in [1.29, 1.82) is 0 Å². The number of hydrogen-bond donors (Lipinski definition) is 1. The predicted molar refractivity (Wildman–Crippen MR) is 104 cm³/mol. The zero-order chi connectivity index (χ0) is 17.5. The van der Waals surface area contributed by atoms with Gasteiger partial charge in [-0.1, -0.05) is 19.1 Å². The van der Waals surface area contributed by atoms with Gasteiger partial charge in [-0.05, 0) is 77.4 Å². The molecule has 2 rings (SSSR count). The molecule has 2 aromatic rings. The van der Waals surface area contributed by atoms with Crippen LogP contribution in [0.5, 0.6) is 11.5 Å². The normalized spacial score (nSPS) is 11.7. The summed E-state index contributed by atoms with van der Waals surface area (Å²) in [5, 5.41) is 3.02. The molecule has 1 N–H and O–H groups in total. The van der Waals surface area contributed by atoms with Crippen LogP contribution < -0.4 is 14.8 Å². The Kier molecular flexibility index (Phi) is 6.90. The molecule has 0 aliphatic carbocycles. The van der Waals surface area contributed by atoms with Gasteiger partial charge in [0.25, 0.3) is 5.91 Å². The maximum atomic E-state index is 12.2. The Bertz CT molecular complexity index is 686. The van der Waals surface area contributed by atoms with Crippen molar-refractivity contribution >= 4 is 28.5 Å². The first-order valence-electron chi connectivity index (χ1n) is 7.85. The summed E-state index contributed by atoms with van der Waals surface area (Å²) >= 11 is 2.23. The van der Waals surface area contributed by atoms with Gasteiger partial charge in [0.15, 0.2) is 6.61 Å². The summed E-state index contributed by atoms with van der Waals surface area (Å²) in [5.74, 6) is 1.41. The number of hydrogen-bond acceptors (Lipinski definition) is 3. The van der Waals surface area contributed by atoms with E-state index >= 15 is 0 Å². The number of carbonyl (C=O) groups excluding carboxylic acids is 1. The maximum absolute atomic E-state index is 12.2. The molecule has 0 radical (unpaired) electrons. The molecule has 1 atom stereocenters. The lowest BCUT2D eigenvalue weighted by Crippen LogP contribution is -2.32. The first kappa shape index (κ1) is 18.6. The van der Waals surface area contributed by atoms with Crippen molar-refractivity contribution in [2.45, 2.75) is 26.3 Å². The zero-order valence-corrected chi connectivity index (χ0v) is 16.3. The van der Waals surface area contributed by atoms with Crippen LogP contribution in [0.1, 0.15) is 30.5 Å². The number of aryl methyl sites for hydroxylation is 1. The second-order valence-corrected chi connectivity index (χ2v) is 6.75. The molecule has 1 unspecified atom stereocenters. The molecule has 0 spiro atoms. The number of rotatable bonds is 7. The van der Waals surface area contributed by atoms with E-state index in [-0.39, 0.29) is 18.6 Å². The summed E-state index contributed by atoms with van der Waals surface area (Å²) in [6.45, 7) is 4.05. The Hall–Kier alpha value is -1.76. The van der Waals surface area contributed by atoms with Crippen molar-refractivity contribution in [3.8, 4) is 11.5 Å². The monoisotopic (exact) mass is 439 g/mol. The standard InChI is InChI=1S/C19H22INO3/c1-4-17(14-5-10-18(23-3)13(2)11-14)21-19(22)12-24-16-8-6-15(20)7-9-16/h5-11,17H,4,12H2,1-3H3,(H,21,22). The van der Waals surface area contributed by atoms with Gasteiger partial charge < -0.3 is 14.8 Å². The molecule has 24 heavy (non-hydrogen) atoms. The Balaban J connectivity index is 1.95. The van der Waals surface area contributed by atoms with Gasteiger partial charge in [0.1, 0.15) is 11.5 Å². The molecule has 0 aliphatic heterocycles. The van der Waals surface area contributed by atoms with Crippen LogP contribution in [-0.4, -0.2) is 19.6 Å². The van der Waals surface area contributed by atoms with Crippen molar-refractivity contribution in [3.63, 3.8) is 0 Å². The summed E-state index contributed by atoms with van der Waals surface area (Å²) in [6, 6.07) is 13.5. The van der Waals surface area contributed by atoms with E-state index in [4.69, 9.17) is 9.47 Å². The lowest BCUT2D eigenvalue weighted by Gasteiger charge is -2.19. The molecule has 128 valence electrons. The van der Waals surface area contributed by atoms with Gasteiger partial charge in [-0.3, -0.25) is 4.79 Å². The number of amides is 1.